The fourth-order valence-electron chi connectivity index (χ4n) is 2.43. The maximum absolute atomic E-state index is 12.6. The van der Waals surface area contributed by atoms with Crippen LogP contribution in [-0.2, 0) is 9.59 Å². The molecule has 0 aromatic heterocycles. The molecule has 7 heteroatoms. The van der Waals surface area contributed by atoms with Crippen LogP contribution in [0.1, 0.15) is 6.42 Å². The van der Waals surface area contributed by atoms with Crippen molar-refractivity contribution in [3.05, 3.63) is 57.5 Å². The Labute approximate surface area is 147 Å². The molecule has 23 heavy (non-hydrogen) atoms. The second-order valence-corrected chi connectivity index (χ2v) is 6.21. The third-order valence-electron chi connectivity index (χ3n) is 3.52. The molecule has 0 spiro atoms. The molecule has 3 rings (SSSR count). The third-order valence-corrected chi connectivity index (χ3v) is 4.66. The van der Waals surface area contributed by atoms with Gasteiger partial charge in [-0.15, -0.1) is 0 Å². The summed E-state index contributed by atoms with van der Waals surface area (Å²) in [6.07, 6.45) is 0.0207. The van der Waals surface area contributed by atoms with Gasteiger partial charge in [-0.1, -0.05) is 53.0 Å². The van der Waals surface area contributed by atoms with Crippen molar-refractivity contribution in [2.45, 2.75) is 12.5 Å². The Morgan fingerprint density at radius 2 is 1.65 bits per heavy atom. The predicted molar refractivity (Wildman–Crippen MR) is 92.4 cm³/mol. The standard InChI is InChI=1S/C16H11Cl3N2O2/c17-9-4-1-2-6-11(9)20-12-8-14(22)21(16(12)23)13-7-3-5-10(18)15(13)19/h1-7,12,20H,8H2/t12-/m0/s1. The number of hydrogen-bond donors (Lipinski definition) is 1. The van der Waals surface area contributed by atoms with Crippen molar-refractivity contribution in [2.24, 2.45) is 0 Å². The van der Waals surface area contributed by atoms with Crippen LogP contribution in [0.2, 0.25) is 15.1 Å². The molecule has 2 aromatic carbocycles. The number of carbonyl (C=O) groups excluding carboxylic acids is 2. The fraction of sp³-hybridized carbons (Fsp3) is 0.125. The lowest BCUT2D eigenvalue weighted by atomic mass is 10.2. The highest BCUT2D eigenvalue weighted by Crippen LogP contribution is 2.35. The minimum absolute atomic E-state index is 0.0207. The van der Waals surface area contributed by atoms with Crippen LogP contribution in [0.15, 0.2) is 42.5 Å². The molecule has 1 aliphatic heterocycles. The molecule has 118 valence electrons. The minimum atomic E-state index is -0.697. The average Bonchev–Trinajstić information content (AvgIpc) is 2.79. The summed E-state index contributed by atoms with van der Waals surface area (Å²) in [6, 6.07) is 11.1. The molecule has 1 fully saturated rings. The number of rotatable bonds is 3. The summed E-state index contributed by atoms with van der Waals surface area (Å²) in [5.41, 5.74) is 0.886. The molecule has 2 aromatic rings. The zero-order valence-corrected chi connectivity index (χ0v) is 14.0. The number of benzene rings is 2. The van der Waals surface area contributed by atoms with E-state index in [4.69, 9.17) is 34.8 Å². The first kappa shape index (κ1) is 16.1. The molecule has 1 N–H and O–H groups in total. The van der Waals surface area contributed by atoms with E-state index in [9.17, 15) is 9.59 Å². The van der Waals surface area contributed by atoms with Crippen molar-refractivity contribution in [3.8, 4) is 0 Å². The fourth-order valence-corrected chi connectivity index (χ4v) is 3.00. The molecule has 0 bridgehead atoms. The summed E-state index contributed by atoms with van der Waals surface area (Å²) in [4.78, 5) is 25.9. The van der Waals surface area contributed by atoms with E-state index in [1.54, 1.807) is 42.5 Å². The van der Waals surface area contributed by atoms with E-state index in [0.717, 1.165) is 4.90 Å². The number of hydrogen-bond acceptors (Lipinski definition) is 3. The lowest BCUT2D eigenvalue weighted by Gasteiger charge is -2.18. The van der Waals surface area contributed by atoms with Crippen LogP contribution >= 0.6 is 34.8 Å². The topological polar surface area (TPSA) is 49.4 Å². The zero-order chi connectivity index (χ0) is 16.6. The highest BCUT2D eigenvalue weighted by molar-refractivity contribution is 6.45. The SMILES string of the molecule is O=C1C[C@H](Nc2ccccc2Cl)C(=O)N1c1cccc(Cl)c1Cl. The molecule has 0 aliphatic carbocycles. The van der Waals surface area contributed by atoms with Gasteiger partial charge in [0.15, 0.2) is 0 Å². The summed E-state index contributed by atoms with van der Waals surface area (Å²) in [6.45, 7) is 0. The van der Waals surface area contributed by atoms with Crippen LogP contribution in [0, 0.1) is 0 Å². The van der Waals surface area contributed by atoms with Crippen LogP contribution in [-0.4, -0.2) is 17.9 Å². The number of nitrogens with zero attached hydrogens (tertiary/aromatic N) is 1. The largest absolute Gasteiger partial charge is 0.372 e. The average molecular weight is 370 g/mol. The van der Waals surface area contributed by atoms with E-state index in [1.807, 2.05) is 0 Å². The van der Waals surface area contributed by atoms with Gasteiger partial charge in [0.25, 0.3) is 5.91 Å². The van der Waals surface area contributed by atoms with E-state index < -0.39 is 6.04 Å². The highest BCUT2D eigenvalue weighted by atomic mass is 35.5. The minimum Gasteiger partial charge on any atom is -0.372 e. The summed E-state index contributed by atoms with van der Waals surface area (Å²) < 4.78 is 0. The monoisotopic (exact) mass is 368 g/mol. The van der Waals surface area contributed by atoms with Crippen molar-refractivity contribution >= 4 is 58.0 Å². The van der Waals surface area contributed by atoms with Gasteiger partial charge in [-0.3, -0.25) is 9.59 Å². The van der Waals surface area contributed by atoms with Gasteiger partial charge in [-0.05, 0) is 24.3 Å². The van der Waals surface area contributed by atoms with Gasteiger partial charge < -0.3 is 5.32 Å². The number of amides is 2. The molecule has 2 amide bonds. The van der Waals surface area contributed by atoms with Crippen molar-refractivity contribution in [1.29, 1.82) is 0 Å². The van der Waals surface area contributed by atoms with E-state index >= 15 is 0 Å². The van der Waals surface area contributed by atoms with Crippen LogP contribution in [0.25, 0.3) is 0 Å². The molecule has 1 heterocycles. The predicted octanol–water partition coefficient (Wildman–Crippen LogP) is 4.39. The van der Waals surface area contributed by atoms with Gasteiger partial charge in [0.05, 0.1) is 32.9 Å². The normalized spacial score (nSPS) is 17.7. The van der Waals surface area contributed by atoms with Crippen LogP contribution in [0.4, 0.5) is 11.4 Å². The van der Waals surface area contributed by atoms with E-state index in [-0.39, 0.29) is 34.0 Å². The molecule has 0 unspecified atom stereocenters. The lowest BCUT2D eigenvalue weighted by molar-refractivity contribution is -0.121. The first-order valence-corrected chi connectivity index (χ1v) is 7.94. The Morgan fingerprint density at radius 1 is 0.957 bits per heavy atom. The van der Waals surface area contributed by atoms with Crippen LogP contribution < -0.4 is 10.2 Å². The number of halogens is 3. The number of para-hydroxylation sites is 1. The number of imide groups is 1. The number of carbonyl (C=O) groups is 2. The Bertz CT molecular complexity index is 795. The Hall–Kier alpha value is -1.75. The Morgan fingerprint density at radius 3 is 2.39 bits per heavy atom. The molecule has 1 saturated heterocycles. The van der Waals surface area contributed by atoms with Gasteiger partial charge >= 0.3 is 0 Å². The second kappa shape index (κ2) is 6.40. The van der Waals surface area contributed by atoms with E-state index in [2.05, 4.69) is 5.32 Å². The molecule has 0 saturated carbocycles. The summed E-state index contributed by atoms with van der Waals surface area (Å²) in [7, 11) is 0. The number of anilines is 2. The van der Waals surface area contributed by atoms with Crippen molar-refractivity contribution in [2.75, 3.05) is 10.2 Å². The first-order chi connectivity index (χ1) is 11.0. The van der Waals surface area contributed by atoms with Crippen LogP contribution in [0.5, 0.6) is 0 Å². The summed E-state index contributed by atoms with van der Waals surface area (Å²) in [5.74, 6) is -0.734. The van der Waals surface area contributed by atoms with Gasteiger partial charge in [0.1, 0.15) is 6.04 Å². The molecular weight excluding hydrogens is 359 g/mol. The third kappa shape index (κ3) is 3.02. The maximum Gasteiger partial charge on any atom is 0.256 e. The molecular formula is C16H11Cl3N2O2. The summed E-state index contributed by atoms with van der Waals surface area (Å²) in [5, 5.41) is 3.94. The smallest absolute Gasteiger partial charge is 0.256 e. The van der Waals surface area contributed by atoms with Crippen molar-refractivity contribution in [1.82, 2.24) is 0 Å². The van der Waals surface area contributed by atoms with E-state index in [0.29, 0.717) is 10.7 Å². The second-order valence-electron chi connectivity index (χ2n) is 5.02. The number of nitrogens with one attached hydrogen (secondary N) is 1. The van der Waals surface area contributed by atoms with Gasteiger partial charge in [-0.25, -0.2) is 4.90 Å². The molecule has 1 aliphatic rings. The Balaban J connectivity index is 1.89. The van der Waals surface area contributed by atoms with Gasteiger partial charge in [0, 0.05) is 0 Å². The van der Waals surface area contributed by atoms with E-state index in [1.165, 1.54) is 0 Å². The zero-order valence-electron chi connectivity index (χ0n) is 11.7. The first-order valence-electron chi connectivity index (χ1n) is 6.81. The van der Waals surface area contributed by atoms with Gasteiger partial charge in [0.2, 0.25) is 5.91 Å². The quantitative estimate of drug-likeness (QED) is 0.816. The summed E-state index contributed by atoms with van der Waals surface area (Å²) >= 11 is 18.2. The van der Waals surface area contributed by atoms with Crippen LogP contribution in [0.3, 0.4) is 0 Å². The van der Waals surface area contributed by atoms with Crippen molar-refractivity contribution in [3.63, 3.8) is 0 Å². The molecule has 1 atom stereocenters. The maximum atomic E-state index is 12.6. The van der Waals surface area contributed by atoms with Gasteiger partial charge in [-0.2, -0.15) is 0 Å². The Kier molecular flexibility index (Phi) is 4.48. The van der Waals surface area contributed by atoms with Crippen molar-refractivity contribution < 1.29 is 9.59 Å². The molecule has 4 nitrogen and oxygen atoms in total. The highest BCUT2D eigenvalue weighted by Gasteiger charge is 2.40. The molecule has 0 radical (unpaired) electrons. The lowest BCUT2D eigenvalue weighted by Crippen LogP contribution is -2.35.